The van der Waals surface area contributed by atoms with E-state index >= 15 is 0 Å². The van der Waals surface area contributed by atoms with Crippen LogP contribution in [-0.4, -0.2) is 47.5 Å². The molecule has 33 heavy (non-hydrogen) atoms. The van der Waals surface area contributed by atoms with Gasteiger partial charge in [0.1, 0.15) is 11.3 Å². The molecule has 4 aromatic heterocycles. The predicted molar refractivity (Wildman–Crippen MR) is 131 cm³/mol. The average Bonchev–Trinajstić information content (AvgIpc) is 3.22. The Hall–Kier alpha value is -3.06. The van der Waals surface area contributed by atoms with E-state index in [0.717, 1.165) is 42.7 Å². The first-order valence-corrected chi connectivity index (χ1v) is 12.0. The van der Waals surface area contributed by atoms with Gasteiger partial charge in [-0.1, -0.05) is 13.0 Å². The van der Waals surface area contributed by atoms with Crippen molar-refractivity contribution in [3.8, 4) is 11.4 Å². The maximum atomic E-state index is 13.1. The zero-order valence-corrected chi connectivity index (χ0v) is 20.1. The van der Waals surface area contributed by atoms with E-state index in [0.29, 0.717) is 35.0 Å². The van der Waals surface area contributed by atoms with E-state index in [9.17, 15) is 4.79 Å². The zero-order valence-electron chi connectivity index (χ0n) is 20.1. The molecular formula is C26H32N6O. The molecule has 5 heterocycles. The highest BCUT2D eigenvalue weighted by atomic mass is 16.1. The number of aryl methyl sites for hydroxylation is 2. The molecule has 4 aromatic rings. The summed E-state index contributed by atoms with van der Waals surface area (Å²) in [6.45, 7) is 12.0. The van der Waals surface area contributed by atoms with Gasteiger partial charge in [-0.3, -0.25) is 19.1 Å². The third-order valence-corrected chi connectivity index (χ3v) is 6.99. The number of likely N-dealkylation sites (tertiary alicyclic amines) is 1. The second kappa shape index (κ2) is 8.37. The molecule has 0 saturated carbocycles. The van der Waals surface area contributed by atoms with Crippen LogP contribution in [0.2, 0.25) is 0 Å². The second-order valence-electron chi connectivity index (χ2n) is 9.61. The van der Waals surface area contributed by atoms with Crippen molar-refractivity contribution in [1.82, 2.24) is 28.9 Å². The summed E-state index contributed by atoms with van der Waals surface area (Å²) < 4.78 is 3.52. The first kappa shape index (κ1) is 21.8. The number of aromatic nitrogens is 5. The molecule has 0 N–H and O–H groups in total. The van der Waals surface area contributed by atoms with Crippen LogP contribution in [0.4, 0.5) is 0 Å². The molecule has 0 aromatic carbocycles. The van der Waals surface area contributed by atoms with Gasteiger partial charge in [-0.2, -0.15) is 5.10 Å². The van der Waals surface area contributed by atoms with Gasteiger partial charge in [-0.25, -0.2) is 9.50 Å². The minimum absolute atomic E-state index is 0.0772. The molecule has 0 bridgehead atoms. The number of piperidine rings is 1. The molecule has 2 atom stereocenters. The Labute approximate surface area is 194 Å². The van der Waals surface area contributed by atoms with Crippen LogP contribution in [-0.2, 0) is 6.42 Å². The summed E-state index contributed by atoms with van der Waals surface area (Å²) in [6.07, 6.45) is 6.94. The Morgan fingerprint density at radius 3 is 2.67 bits per heavy atom. The molecule has 1 aliphatic heterocycles. The quantitative estimate of drug-likeness (QED) is 0.471. The largest absolute Gasteiger partial charge is 0.298 e. The number of fused-ring (bicyclic) bond motifs is 2. The van der Waals surface area contributed by atoms with Crippen molar-refractivity contribution in [2.75, 3.05) is 6.54 Å². The lowest BCUT2D eigenvalue weighted by atomic mass is 9.86. The topological polar surface area (TPSA) is 67.8 Å². The Bertz CT molecular complexity index is 1390. The summed E-state index contributed by atoms with van der Waals surface area (Å²) in [7, 11) is 0. The van der Waals surface area contributed by atoms with Gasteiger partial charge in [0.15, 0.2) is 0 Å². The fraction of sp³-hybridized carbons (Fsp3) is 0.462. The summed E-state index contributed by atoms with van der Waals surface area (Å²) >= 11 is 0. The zero-order chi connectivity index (χ0) is 23.3. The molecule has 7 nitrogen and oxygen atoms in total. The van der Waals surface area contributed by atoms with Crippen molar-refractivity contribution in [3.05, 3.63) is 64.0 Å². The lowest BCUT2D eigenvalue weighted by molar-refractivity contribution is 0.111. The van der Waals surface area contributed by atoms with Crippen molar-refractivity contribution in [1.29, 1.82) is 0 Å². The standard InChI is InChI=1S/C26H32N6O/c1-6-21-24-12-23(29-32(24)14-17(4)27-21)22-13-26(33)31-15-20(7-8-25(31)28-22)19-9-10-30(16(2)3)18(5)11-19/h7-8,12-16,18-19H,6,9-11H2,1-5H3/t18-,19?/m1/s1. The number of pyridine rings is 1. The van der Waals surface area contributed by atoms with Gasteiger partial charge in [0.2, 0.25) is 0 Å². The molecule has 1 unspecified atom stereocenters. The Kier molecular flexibility index (Phi) is 5.52. The van der Waals surface area contributed by atoms with Crippen LogP contribution in [0.25, 0.3) is 22.6 Å². The van der Waals surface area contributed by atoms with E-state index in [1.165, 1.54) is 5.56 Å². The smallest absolute Gasteiger partial charge is 0.258 e. The maximum absolute atomic E-state index is 13.1. The fourth-order valence-electron chi connectivity index (χ4n) is 5.32. The number of nitrogens with zero attached hydrogens (tertiary/aromatic N) is 6. The van der Waals surface area contributed by atoms with Gasteiger partial charge in [0.25, 0.3) is 5.56 Å². The SMILES string of the molecule is CCc1nc(C)cn2nc(-c3cc(=O)n4cc(C5CCN(C(C)C)[C@H](C)C5)ccc4n3)cc12. The number of hydrogen-bond acceptors (Lipinski definition) is 5. The summed E-state index contributed by atoms with van der Waals surface area (Å²) in [5.41, 5.74) is 5.94. The van der Waals surface area contributed by atoms with Crippen molar-refractivity contribution < 1.29 is 0 Å². The molecule has 0 aliphatic carbocycles. The van der Waals surface area contributed by atoms with E-state index in [4.69, 9.17) is 4.98 Å². The normalized spacial score (nSPS) is 19.7. The molecule has 1 aliphatic rings. The minimum Gasteiger partial charge on any atom is -0.298 e. The van der Waals surface area contributed by atoms with Crippen LogP contribution in [0.5, 0.6) is 0 Å². The summed E-state index contributed by atoms with van der Waals surface area (Å²) in [6, 6.07) is 8.78. The van der Waals surface area contributed by atoms with Gasteiger partial charge < -0.3 is 0 Å². The molecule has 7 heteroatoms. The number of rotatable bonds is 4. The van der Waals surface area contributed by atoms with Crippen LogP contribution in [0.1, 0.15) is 63.4 Å². The first-order valence-electron chi connectivity index (χ1n) is 12.0. The van der Waals surface area contributed by atoms with Gasteiger partial charge in [-0.15, -0.1) is 0 Å². The van der Waals surface area contributed by atoms with Crippen LogP contribution < -0.4 is 5.56 Å². The first-order chi connectivity index (χ1) is 15.8. The second-order valence-corrected chi connectivity index (χ2v) is 9.61. The molecule has 0 radical (unpaired) electrons. The van der Waals surface area contributed by atoms with Crippen molar-refractivity contribution in [2.24, 2.45) is 0 Å². The molecular weight excluding hydrogens is 412 g/mol. The van der Waals surface area contributed by atoms with E-state index in [1.807, 2.05) is 36.0 Å². The van der Waals surface area contributed by atoms with Crippen LogP contribution in [0.3, 0.4) is 0 Å². The lowest BCUT2D eigenvalue weighted by Crippen LogP contribution is -2.44. The lowest BCUT2D eigenvalue weighted by Gasteiger charge is -2.40. The molecule has 1 fully saturated rings. The molecule has 1 saturated heterocycles. The molecule has 0 amide bonds. The van der Waals surface area contributed by atoms with Crippen molar-refractivity contribution in [2.45, 2.75) is 71.9 Å². The molecule has 172 valence electrons. The van der Waals surface area contributed by atoms with Gasteiger partial charge in [0, 0.05) is 24.3 Å². The summed E-state index contributed by atoms with van der Waals surface area (Å²) in [5, 5.41) is 4.68. The Balaban J connectivity index is 1.50. The minimum atomic E-state index is -0.0772. The third kappa shape index (κ3) is 3.95. The van der Waals surface area contributed by atoms with Crippen molar-refractivity contribution >= 4 is 11.2 Å². The highest BCUT2D eigenvalue weighted by Gasteiger charge is 2.28. The monoisotopic (exact) mass is 444 g/mol. The highest BCUT2D eigenvalue weighted by Crippen LogP contribution is 2.32. The molecule has 0 spiro atoms. The highest BCUT2D eigenvalue weighted by molar-refractivity contribution is 5.66. The third-order valence-electron chi connectivity index (χ3n) is 6.99. The van der Waals surface area contributed by atoms with E-state index < -0.39 is 0 Å². The summed E-state index contributed by atoms with van der Waals surface area (Å²) in [4.78, 5) is 25.0. The maximum Gasteiger partial charge on any atom is 0.258 e. The Morgan fingerprint density at radius 2 is 1.94 bits per heavy atom. The summed E-state index contributed by atoms with van der Waals surface area (Å²) in [5.74, 6) is 0.465. The Morgan fingerprint density at radius 1 is 1.12 bits per heavy atom. The van der Waals surface area contributed by atoms with Crippen molar-refractivity contribution in [3.63, 3.8) is 0 Å². The van der Waals surface area contributed by atoms with E-state index in [-0.39, 0.29) is 5.56 Å². The fourth-order valence-corrected chi connectivity index (χ4v) is 5.32. The van der Waals surface area contributed by atoms with Gasteiger partial charge in [0.05, 0.1) is 28.8 Å². The number of hydrogen-bond donors (Lipinski definition) is 0. The average molecular weight is 445 g/mol. The predicted octanol–water partition coefficient (Wildman–Crippen LogP) is 4.25. The van der Waals surface area contributed by atoms with E-state index in [1.54, 1.807) is 10.5 Å². The van der Waals surface area contributed by atoms with E-state index in [2.05, 4.69) is 48.7 Å². The molecule has 5 rings (SSSR count). The van der Waals surface area contributed by atoms with Gasteiger partial charge >= 0.3 is 0 Å². The van der Waals surface area contributed by atoms with Crippen LogP contribution in [0, 0.1) is 6.92 Å². The van der Waals surface area contributed by atoms with Crippen LogP contribution >= 0.6 is 0 Å². The van der Waals surface area contributed by atoms with Crippen LogP contribution in [0.15, 0.2) is 41.5 Å². The van der Waals surface area contributed by atoms with Gasteiger partial charge in [-0.05, 0) is 77.1 Å².